The molecule has 1 amide bonds. The lowest BCUT2D eigenvalue weighted by Crippen LogP contribution is -2.65. The van der Waals surface area contributed by atoms with E-state index in [1.807, 2.05) is 6.92 Å². The summed E-state index contributed by atoms with van der Waals surface area (Å²) in [6, 6.07) is -1.44. The summed E-state index contributed by atoms with van der Waals surface area (Å²) in [5.74, 6) is -5.76. The third-order valence-electron chi connectivity index (χ3n) is 7.14. The number of carbonyl (C=O) groups excluding carboxylic acids is 3. The number of aliphatic hydroxyl groups excluding tert-OH is 2. The molecule has 0 aromatic carbocycles. The highest BCUT2D eigenvalue weighted by atomic mass is 16.5. The molecule has 1 heterocycles. The molecule has 11 heteroatoms. The number of pyridine rings is 1. The molecule has 0 saturated heterocycles. The highest BCUT2D eigenvalue weighted by Gasteiger charge is 2.63. The number of amides is 1. The highest BCUT2D eigenvalue weighted by Crippen LogP contribution is 2.52. The number of aromatic nitrogens is 1. The molecule has 1 aromatic heterocycles. The average molecular weight is 487 g/mol. The fourth-order valence-corrected chi connectivity index (χ4v) is 5.40. The smallest absolute Gasteiger partial charge is 0.255 e. The third kappa shape index (κ3) is 3.49. The van der Waals surface area contributed by atoms with Gasteiger partial charge in [0.05, 0.1) is 24.4 Å². The molecule has 1 saturated carbocycles. The number of ether oxygens (including phenoxy) is 1. The van der Waals surface area contributed by atoms with Crippen molar-refractivity contribution in [1.29, 1.82) is 0 Å². The summed E-state index contributed by atoms with van der Waals surface area (Å²) in [5.41, 5.74) is 8.54. The van der Waals surface area contributed by atoms with E-state index in [1.54, 1.807) is 19.0 Å². The zero-order chi connectivity index (χ0) is 25.8. The maximum atomic E-state index is 13.7. The molecule has 4 atom stereocenters. The van der Waals surface area contributed by atoms with Gasteiger partial charge in [-0.1, -0.05) is 13.3 Å². The van der Waals surface area contributed by atoms with Gasteiger partial charge in [0.25, 0.3) is 5.91 Å². The van der Waals surface area contributed by atoms with E-state index in [4.69, 9.17) is 16.2 Å². The molecular weight excluding hydrogens is 456 g/mol. The number of anilines is 1. The molecule has 0 unspecified atom stereocenters. The highest BCUT2D eigenvalue weighted by molar-refractivity contribution is 6.24. The average Bonchev–Trinajstić information content (AvgIpc) is 2.79. The minimum atomic E-state index is -2.67. The molecule has 0 bridgehead atoms. The van der Waals surface area contributed by atoms with Crippen LogP contribution in [0, 0.1) is 11.8 Å². The minimum Gasteiger partial charge on any atom is -0.508 e. The Morgan fingerprint density at radius 1 is 1.31 bits per heavy atom. The molecule has 0 radical (unpaired) electrons. The second kappa shape index (κ2) is 8.65. The van der Waals surface area contributed by atoms with E-state index in [9.17, 15) is 29.7 Å². The zero-order valence-electron chi connectivity index (χ0n) is 19.9. The number of ketones is 2. The van der Waals surface area contributed by atoms with Gasteiger partial charge in [0, 0.05) is 31.1 Å². The van der Waals surface area contributed by atoms with Crippen molar-refractivity contribution >= 4 is 29.1 Å². The van der Waals surface area contributed by atoms with Crippen LogP contribution in [0.3, 0.4) is 0 Å². The normalized spacial score (nSPS) is 27.9. The molecule has 35 heavy (non-hydrogen) atoms. The largest absolute Gasteiger partial charge is 0.508 e. The van der Waals surface area contributed by atoms with Gasteiger partial charge in [-0.05, 0) is 25.2 Å². The number of carbonyl (C=O) groups is 3. The first-order valence-corrected chi connectivity index (χ1v) is 11.5. The van der Waals surface area contributed by atoms with E-state index in [-0.39, 0.29) is 29.7 Å². The molecule has 11 nitrogen and oxygen atoms in total. The summed E-state index contributed by atoms with van der Waals surface area (Å²) in [5, 5.41) is 33.5. The van der Waals surface area contributed by atoms with Crippen molar-refractivity contribution in [2.75, 3.05) is 25.6 Å². The van der Waals surface area contributed by atoms with Crippen LogP contribution in [0.15, 0.2) is 23.1 Å². The van der Waals surface area contributed by atoms with Crippen LogP contribution in [0.25, 0.3) is 5.76 Å². The zero-order valence-corrected chi connectivity index (χ0v) is 19.9. The fourth-order valence-electron chi connectivity index (χ4n) is 5.40. The topological polar surface area (TPSA) is 189 Å². The Bertz CT molecular complexity index is 1190. The van der Waals surface area contributed by atoms with Gasteiger partial charge in [0.2, 0.25) is 5.78 Å². The molecule has 0 spiro atoms. The quantitative estimate of drug-likeness (QED) is 0.276. The molecule has 4 rings (SSSR count). The fraction of sp³-hybridized carbons (Fsp3) is 0.500. The van der Waals surface area contributed by atoms with Gasteiger partial charge in [0.15, 0.2) is 11.4 Å². The van der Waals surface area contributed by atoms with Gasteiger partial charge >= 0.3 is 0 Å². The Morgan fingerprint density at radius 3 is 2.60 bits per heavy atom. The van der Waals surface area contributed by atoms with Crippen molar-refractivity contribution in [3.05, 3.63) is 34.2 Å². The minimum absolute atomic E-state index is 0.00211. The Morgan fingerprint density at radius 2 is 2.00 bits per heavy atom. The van der Waals surface area contributed by atoms with Gasteiger partial charge in [-0.25, -0.2) is 4.98 Å². The SMILES string of the molecule is CCCCOc1cnc(N(C)C)c2c1C(O)=C1C(=O)[C@]3(O)C(O)=C(C(N)=O)C(=O)[C@@H](N)[C@@H]3C[C@@H]1C2. The van der Waals surface area contributed by atoms with Crippen LogP contribution >= 0.6 is 0 Å². The molecule has 0 aliphatic heterocycles. The van der Waals surface area contributed by atoms with E-state index in [0.29, 0.717) is 18.0 Å². The number of Topliss-reactive ketones (excluding diaryl/α,β-unsaturated/α-hetero) is 2. The van der Waals surface area contributed by atoms with Crippen LogP contribution in [-0.2, 0) is 20.8 Å². The second-order valence-electron chi connectivity index (χ2n) is 9.47. The van der Waals surface area contributed by atoms with Crippen molar-refractivity contribution in [1.82, 2.24) is 4.98 Å². The van der Waals surface area contributed by atoms with Crippen molar-refractivity contribution in [3.8, 4) is 5.75 Å². The number of hydrogen-bond donors (Lipinski definition) is 5. The Labute approximate surface area is 202 Å². The maximum Gasteiger partial charge on any atom is 0.255 e. The summed E-state index contributed by atoms with van der Waals surface area (Å²) >= 11 is 0. The van der Waals surface area contributed by atoms with Crippen LogP contribution in [0.2, 0.25) is 0 Å². The lowest BCUT2D eigenvalue weighted by Gasteiger charge is -2.48. The number of hydrogen-bond acceptors (Lipinski definition) is 10. The van der Waals surface area contributed by atoms with E-state index in [2.05, 4.69) is 4.98 Å². The van der Waals surface area contributed by atoms with Gasteiger partial charge in [0.1, 0.15) is 28.7 Å². The summed E-state index contributed by atoms with van der Waals surface area (Å²) < 4.78 is 5.86. The van der Waals surface area contributed by atoms with E-state index >= 15 is 0 Å². The first kappa shape index (κ1) is 24.7. The van der Waals surface area contributed by atoms with Crippen LogP contribution < -0.4 is 21.1 Å². The summed E-state index contributed by atoms with van der Waals surface area (Å²) in [6.07, 6.45) is 3.39. The summed E-state index contributed by atoms with van der Waals surface area (Å²) in [6.45, 7) is 2.38. The first-order chi connectivity index (χ1) is 16.5. The van der Waals surface area contributed by atoms with Crippen LogP contribution in [0.4, 0.5) is 5.82 Å². The van der Waals surface area contributed by atoms with Crippen molar-refractivity contribution < 1.29 is 34.4 Å². The summed E-state index contributed by atoms with van der Waals surface area (Å²) in [4.78, 5) is 44.5. The van der Waals surface area contributed by atoms with E-state index < -0.39 is 58.0 Å². The van der Waals surface area contributed by atoms with Gasteiger partial charge < -0.3 is 36.4 Å². The van der Waals surface area contributed by atoms with Crippen molar-refractivity contribution in [3.63, 3.8) is 0 Å². The molecule has 1 aromatic rings. The number of rotatable bonds is 6. The molecule has 188 valence electrons. The maximum absolute atomic E-state index is 13.7. The lowest BCUT2D eigenvalue weighted by atomic mass is 9.58. The molecule has 1 fully saturated rings. The Hall–Kier alpha value is -3.44. The van der Waals surface area contributed by atoms with Crippen LogP contribution in [0.1, 0.15) is 37.3 Å². The standard InChI is InChI=1S/C24H30N4O7/c1-4-5-6-35-13-9-27-23(28(2)3)11-7-10-8-12-17(25)19(30)16(22(26)33)21(32)24(12,34)20(31)14(10)18(29)15(11)13/h9-10,12,17,29,32,34H,4-8,25H2,1-3H3,(H2,26,33)/t10-,12-,17-,24-/m0/s1. The number of nitrogens with two attached hydrogens (primary N) is 2. The predicted octanol–water partition coefficient (Wildman–Crippen LogP) is 0.295. The number of aliphatic hydroxyl groups is 3. The predicted molar refractivity (Wildman–Crippen MR) is 126 cm³/mol. The van der Waals surface area contributed by atoms with Crippen molar-refractivity contribution in [2.45, 2.75) is 44.2 Å². The van der Waals surface area contributed by atoms with Gasteiger partial charge in [-0.2, -0.15) is 0 Å². The molecule has 3 aliphatic rings. The summed E-state index contributed by atoms with van der Waals surface area (Å²) in [7, 11) is 3.59. The molecular formula is C24H30N4O7. The Kier molecular flexibility index (Phi) is 6.10. The lowest BCUT2D eigenvalue weighted by molar-refractivity contribution is -0.149. The number of unbranched alkanes of at least 4 members (excludes halogenated alkanes) is 1. The Balaban J connectivity index is 1.92. The van der Waals surface area contributed by atoms with E-state index in [0.717, 1.165) is 12.8 Å². The van der Waals surface area contributed by atoms with Crippen LogP contribution in [-0.4, -0.2) is 70.1 Å². The molecule has 3 aliphatic carbocycles. The van der Waals surface area contributed by atoms with Gasteiger partial charge in [-0.15, -0.1) is 0 Å². The number of fused-ring (bicyclic) bond motifs is 3. The number of primary amides is 1. The molecule has 7 N–H and O–H groups in total. The first-order valence-electron chi connectivity index (χ1n) is 11.5. The monoisotopic (exact) mass is 486 g/mol. The third-order valence-corrected chi connectivity index (χ3v) is 7.14. The second-order valence-corrected chi connectivity index (χ2v) is 9.47. The van der Waals surface area contributed by atoms with Crippen molar-refractivity contribution in [2.24, 2.45) is 23.3 Å². The van der Waals surface area contributed by atoms with Gasteiger partial charge in [-0.3, -0.25) is 14.4 Å². The van der Waals surface area contributed by atoms with E-state index in [1.165, 1.54) is 6.20 Å². The van der Waals surface area contributed by atoms with Crippen LogP contribution in [0.5, 0.6) is 5.75 Å². The number of nitrogens with zero attached hydrogens (tertiary/aromatic N) is 2.